The Bertz CT molecular complexity index is 1540. The van der Waals surface area contributed by atoms with Crippen LogP contribution in [-0.4, -0.2) is 147 Å². The lowest BCUT2D eigenvalue weighted by Crippen LogP contribution is -2.29. The maximum atomic E-state index is 13.6. The van der Waals surface area contributed by atoms with Crippen molar-refractivity contribution in [1.29, 1.82) is 0 Å². The molecule has 0 aromatic heterocycles. The van der Waals surface area contributed by atoms with Gasteiger partial charge < -0.3 is 64.2 Å². The molecular formula is C38H54F5N5O11S. The molecule has 0 atom stereocenters. The van der Waals surface area contributed by atoms with Gasteiger partial charge >= 0.3 is 5.97 Å². The molecule has 16 nitrogen and oxygen atoms in total. The average molecular weight is 884 g/mol. The summed E-state index contributed by atoms with van der Waals surface area (Å²) < 4.78 is 114. The fourth-order valence-electron chi connectivity index (χ4n) is 4.44. The predicted octanol–water partition coefficient (Wildman–Crippen LogP) is 4.06. The van der Waals surface area contributed by atoms with Crippen molar-refractivity contribution in [2.45, 2.75) is 25.7 Å². The molecule has 0 aliphatic rings. The van der Waals surface area contributed by atoms with Gasteiger partial charge in [-0.25, -0.2) is 13.2 Å². The number of benzene rings is 2. The highest BCUT2D eigenvalue weighted by atomic mass is 32.1. The van der Waals surface area contributed by atoms with Crippen molar-refractivity contribution in [1.82, 2.24) is 5.32 Å². The van der Waals surface area contributed by atoms with Crippen molar-refractivity contribution in [2.75, 3.05) is 124 Å². The zero-order valence-electron chi connectivity index (χ0n) is 33.2. The number of carbonyl (C=O) groups excluding carboxylic acids is 1. The predicted molar refractivity (Wildman–Crippen MR) is 214 cm³/mol. The van der Waals surface area contributed by atoms with E-state index in [1.54, 1.807) is 30.5 Å². The van der Waals surface area contributed by atoms with Crippen LogP contribution in [0.15, 0.2) is 34.4 Å². The van der Waals surface area contributed by atoms with Crippen LogP contribution in [0.25, 0.3) is 0 Å². The minimum Gasteiger partial charge on any atom is -0.508 e. The molecule has 0 amide bonds. The van der Waals surface area contributed by atoms with E-state index in [9.17, 15) is 31.9 Å². The smallest absolute Gasteiger partial charge is 0.313 e. The number of anilines is 1. The summed E-state index contributed by atoms with van der Waals surface area (Å²) >= 11 is 5.27. The van der Waals surface area contributed by atoms with Crippen molar-refractivity contribution >= 4 is 40.9 Å². The first-order valence-electron chi connectivity index (χ1n) is 19.1. The maximum Gasteiger partial charge on any atom is 0.313 e. The maximum absolute atomic E-state index is 13.6. The monoisotopic (exact) mass is 883 g/mol. The van der Waals surface area contributed by atoms with Gasteiger partial charge in [-0.2, -0.15) is 13.9 Å². The van der Waals surface area contributed by atoms with Crippen LogP contribution in [0.5, 0.6) is 11.5 Å². The van der Waals surface area contributed by atoms with Gasteiger partial charge in [-0.1, -0.05) is 0 Å². The molecule has 2 aromatic rings. The summed E-state index contributed by atoms with van der Waals surface area (Å²) in [6.45, 7) is 6.22. The number of ether oxygens (including phenoxy) is 9. The topological polar surface area (TPSA) is 195 Å². The Morgan fingerprint density at radius 3 is 1.53 bits per heavy atom. The SMILES string of the molecule is N/N=C(\C=NCCOCCOCCOCCOCCOCCOCCOCCOCCC(=O)Oc1c(F)c(F)c(F)c(F)c1F)CCCCNC(=S)Nc1ccc(O)cc1. The number of hydrogen-bond acceptors (Lipinski definition) is 15. The molecular weight excluding hydrogens is 829 g/mol. The van der Waals surface area contributed by atoms with E-state index in [1.165, 1.54) is 0 Å². The van der Waals surface area contributed by atoms with Gasteiger partial charge in [0.1, 0.15) is 5.75 Å². The molecule has 2 aromatic carbocycles. The Morgan fingerprint density at radius 2 is 1.07 bits per heavy atom. The number of aromatic hydroxyl groups is 1. The van der Waals surface area contributed by atoms with E-state index >= 15 is 0 Å². The van der Waals surface area contributed by atoms with Crippen LogP contribution in [0, 0.1) is 29.1 Å². The number of carbonyl (C=O) groups is 1. The largest absolute Gasteiger partial charge is 0.508 e. The molecule has 338 valence electrons. The molecule has 5 N–H and O–H groups in total. The highest BCUT2D eigenvalue weighted by Gasteiger charge is 2.28. The molecule has 0 aliphatic carbocycles. The second-order valence-corrected chi connectivity index (χ2v) is 12.5. The first kappa shape index (κ1) is 52.0. The number of nitrogens with zero attached hydrogens (tertiary/aromatic N) is 2. The van der Waals surface area contributed by atoms with Gasteiger partial charge in [-0.05, 0) is 55.7 Å². The minimum atomic E-state index is -2.35. The highest BCUT2D eigenvalue weighted by Crippen LogP contribution is 2.29. The lowest BCUT2D eigenvalue weighted by molar-refractivity contribution is -0.136. The third-order valence-electron chi connectivity index (χ3n) is 7.48. The van der Waals surface area contributed by atoms with E-state index in [1.807, 2.05) is 0 Å². The lowest BCUT2D eigenvalue weighted by Gasteiger charge is -2.10. The van der Waals surface area contributed by atoms with E-state index in [0.29, 0.717) is 110 Å². The van der Waals surface area contributed by atoms with Gasteiger partial charge in [0.05, 0.1) is 124 Å². The molecule has 0 saturated carbocycles. The first-order chi connectivity index (χ1) is 29.1. The van der Waals surface area contributed by atoms with Gasteiger partial charge in [0, 0.05) is 18.4 Å². The molecule has 0 heterocycles. The summed E-state index contributed by atoms with van der Waals surface area (Å²) in [5.41, 5.74) is 1.49. The van der Waals surface area contributed by atoms with Gasteiger partial charge in [-0.15, -0.1) is 0 Å². The summed E-state index contributed by atoms with van der Waals surface area (Å²) in [6.07, 6.45) is 3.58. The summed E-state index contributed by atoms with van der Waals surface area (Å²) in [4.78, 5) is 16.0. The Kier molecular flexibility index (Phi) is 29.1. The molecule has 0 saturated heterocycles. The average Bonchev–Trinajstić information content (AvgIpc) is 3.24. The molecule has 0 spiro atoms. The number of aliphatic imine (C=N–C) groups is 1. The fraction of sp³-hybridized carbons (Fsp3) is 0.579. The van der Waals surface area contributed by atoms with Gasteiger partial charge in [-0.3, -0.25) is 9.79 Å². The second kappa shape index (κ2) is 33.6. The third-order valence-corrected chi connectivity index (χ3v) is 7.73. The minimum absolute atomic E-state index is 0.0725. The molecule has 22 heteroatoms. The van der Waals surface area contributed by atoms with Crippen LogP contribution >= 0.6 is 12.2 Å². The number of hydrogen-bond donors (Lipinski definition) is 4. The lowest BCUT2D eigenvalue weighted by atomic mass is 10.2. The number of esters is 1. The number of hydrazone groups is 1. The van der Waals surface area contributed by atoms with Crippen molar-refractivity contribution in [3.05, 3.63) is 53.4 Å². The molecule has 0 bridgehead atoms. The van der Waals surface area contributed by atoms with Crippen LogP contribution in [-0.2, 0) is 42.7 Å². The normalized spacial score (nSPS) is 11.7. The van der Waals surface area contributed by atoms with Crippen LogP contribution in [0.3, 0.4) is 0 Å². The summed E-state index contributed by atoms with van der Waals surface area (Å²) in [6, 6.07) is 6.64. The second-order valence-electron chi connectivity index (χ2n) is 12.1. The Labute approximate surface area is 350 Å². The quantitative estimate of drug-likeness (QED) is 0.00661. The molecule has 0 aliphatic heterocycles. The fourth-order valence-corrected chi connectivity index (χ4v) is 4.66. The Morgan fingerprint density at radius 1 is 0.633 bits per heavy atom. The molecule has 2 rings (SSSR count). The highest BCUT2D eigenvalue weighted by molar-refractivity contribution is 7.80. The van der Waals surface area contributed by atoms with Gasteiger partial charge in [0.25, 0.3) is 0 Å². The van der Waals surface area contributed by atoms with E-state index in [2.05, 4.69) is 25.5 Å². The van der Waals surface area contributed by atoms with E-state index < -0.39 is 47.2 Å². The van der Waals surface area contributed by atoms with E-state index in [4.69, 9.17) is 56.0 Å². The molecule has 0 fully saturated rings. The van der Waals surface area contributed by atoms with Crippen molar-refractivity contribution in [3.63, 3.8) is 0 Å². The third kappa shape index (κ3) is 24.2. The summed E-state index contributed by atoms with van der Waals surface area (Å²) in [7, 11) is 0. The number of thiocarbonyl (C=S) groups is 1. The number of unbranched alkanes of at least 4 members (excludes halogenated alkanes) is 1. The van der Waals surface area contributed by atoms with Gasteiger partial charge in [0.15, 0.2) is 5.11 Å². The molecule has 60 heavy (non-hydrogen) atoms. The van der Waals surface area contributed by atoms with Crippen LogP contribution in [0.2, 0.25) is 0 Å². The summed E-state index contributed by atoms with van der Waals surface area (Å²) in [5.74, 6) is -8.49. The molecule has 0 unspecified atom stereocenters. The van der Waals surface area contributed by atoms with E-state index in [-0.39, 0.29) is 32.2 Å². The van der Waals surface area contributed by atoms with Crippen LogP contribution in [0.4, 0.5) is 27.6 Å². The number of nitrogens with one attached hydrogen (secondary N) is 2. The zero-order valence-corrected chi connectivity index (χ0v) is 34.1. The van der Waals surface area contributed by atoms with Crippen LogP contribution < -0.4 is 21.2 Å². The number of nitrogens with two attached hydrogens (primary N) is 1. The zero-order chi connectivity index (χ0) is 43.6. The van der Waals surface area contributed by atoms with Gasteiger partial charge in [0.2, 0.25) is 34.8 Å². The standard InChI is InChI=1S/C38H54F5N5O11S/c39-32-33(40)35(42)37(36(43)34(32)41)59-31(50)8-11-51-13-15-53-17-19-55-21-23-57-25-26-58-24-22-56-20-18-54-16-14-52-12-10-45-27-29(48-44)3-1-2-9-46-38(60)47-28-4-6-30(49)7-5-28/h4-7,27,49H,1-3,8-26,44H2,(H2,46,47,60)/b45-27?,48-29-. The molecule has 0 radical (unpaired) electrons. The van der Waals surface area contributed by atoms with Crippen LogP contribution in [0.1, 0.15) is 25.7 Å². The number of phenols is 1. The van der Waals surface area contributed by atoms with E-state index in [0.717, 1.165) is 18.5 Å². The Hall–Kier alpha value is -4.13. The van der Waals surface area contributed by atoms with Crippen molar-refractivity contribution in [2.24, 2.45) is 15.9 Å². The first-order valence-corrected chi connectivity index (χ1v) is 19.5. The Balaban J connectivity index is 1.25. The van der Waals surface area contributed by atoms with Crippen molar-refractivity contribution in [3.8, 4) is 11.5 Å². The number of halogens is 5. The van der Waals surface area contributed by atoms with Crippen molar-refractivity contribution < 1.29 is 74.5 Å². The number of phenolic OH excluding ortho intramolecular Hbond substituents is 1. The number of rotatable bonds is 35. The summed E-state index contributed by atoms with van der Waals surface area (Å²) in [5, 5.41) is 19.8.